The van der Waals surface area contributed by atoms with Gasteiger partial charge in [0.25, 0.3) is 0 Å². The monoisotopic (exact) mass is 295 g/mol. The van der Waals surface area contributed by atoms with Crippen molar-refractivity contribution in [3.63, 3.8) is 0 Å². The van der Waals surface area contributed by atoms with Crippen molar-refractivity contribution in [1.29, 1.82) is 0 Å². The minimum Gasteiger partial charge on any atom is -0.208 e. The molecule has 1 aliphatic carbocycles. The summed E-state index contributed by atoms with van der Waals surface area (Å²) in [6.45, 7) is 7.97. The van der Waals surface area contributed by atoms with Gasteiger partial charge in [-0.25, -0.2) is 13.1 Å². The second-order valence-corrected chi connectivity index (χ2v) is 7.87. The van der Waals surface area contributed by atoms with E-state index in [0.29, 0.717) is 10.8 Å². The predicted octanol–water partition coefficient (Wildman–Crippen LogP) is 3.47. The fourth-order valence-corrected chi connectivity index (χ4v) is 4.67. The Morgan fingerprint density at radius 1 is 1.00 bits per heavy atom. The van der Waals surface area contributed by atoms with Gasteiger partial charge in [-0.15, -0.1) is 0 Å². The molecule has 1 aromatic carbocycles. The van der Waals surface area contributed by atoms with E-state index in [9.17, 15) is 8.42 Å². The molecule has 112 valence electrons. The van der Waals surface area contributed by atoms with E-state index in [-0.39, 0.29) is 6.04 Å². The molecule has 0 radical (unpaired) electrons. The summed E-state index contributed by atoms with van der Waals surface area (Å²) in [7, 11) is -3.41. The molecular formula is C16H25NO2S. The Morgan fingerprint density at radius 2 is 1.60 bits per heavy atom. The van der Waals surface area contributed by atoms with Gasteiger partial charge in [0.15, 0.2) is 0 Å². The zero-order valence-electron chi connectivity index (χ0n) is 12.9. The van der Waals surface area contributed by atoms with E-state index in [0.717, 1.165) is 36.0 Å². The number of rotatable bonds is 3. The van der Waals surface area contributed by atoms with Crippen molar-refractivity contribution in [2.75, 3.05) is 0 Å². The first kappa shape index (κ1) is 15.5. The van der Waals surface area contributed by atoms with Gasteiger partial charge in [0.1, 0.15) is 0 Å². The van der Waals surface area contributed by atoms with E-state index in [1.807, 2.05) is 26.8 Å². The molecule has 0 saturated heterocycles. The predicted molar refractivity (Wildman–Crippen MR) is 82.4 cm³/mol. The van der Waals surface area contributed by atoms with E-state index in [1.54, 1.807) is 6.07 Å². The summed E-state index contributed by atoms with van der Waals surface area (Å²) < 4.78 is 28.2. The van der Waals surface area contributed by atoms with Crippen LogP contribution in [0.4, 0.5) is 0 Å². The van der Waals surface area contributed by atoms with Crippen LogP contribution in [-0.2, 0) is 10.0 Å². The number of sulfonamides is 1. The Hall–Kier alpha value is -0.870. The minimum atomic E-state index is -3.41. The number of aryl methyl sites for hydroxylation is 3. The molecule has 1 aliphatic rings. The molecule has 2 rings (SSSR count). The van der Waals surface area contributed by atoms with Gasteiger partial charge in [0, 0.05) is 6.04 Å². The van der Waals surface area contributed by atoms with Crippen LogP contribution in [0.5, 0.6) is 0 Å². The van der Waals surface area contributed by atoms with Crippen molar-refractivity contribution in [3.05, 3.63) is 28.8 Å². The van der Waals surface area contributed by atoms with Crippen molar-refractivity contribution in [2.45, 2.75) is 64.3 Å². The van der Waals surface area contributed by atoms with E-state index in [2.05, 4.69) is 11.6 Å². The molecule has 2 atom stereocenters. The molecule has 0 bridgehead atoms. The summed E-state index contributed by atoms with van der Waals surface area (Å²) in [4.78, 5) is 0.429. The van der Waals surface area contributed by atoms with Crippen molar-refractivity contribution >= 4 is 10.0 Å². The van der Waals surface area contributed by atoms with Gasteiger partial charge in [0.05, 0.1) is 4.90 Å². The molecule has 1 fully saturated rings. The van der Waals surface area contributed by atoms with Gasteiger partial charge in [-0.05, 0) is 62.3 Å². The lowest BCUT2D eigenvalue weighted by Gasteiger charge is -2.29. The normalized spacial score (nSPS) is 23.8. The average molecular weight is 295 g/mol. The molecule has 1 N–H and O–H groups in total. The Bertz CT molecular complexity index is 593. The van der Waals surface area contributed by atoms with E-state index < -0.39 is 10.0 Å². The Balaban J connectivity index is 2.28. The van der Waals surface area contributed by atoms with Gasteiger partial charge >= 0.3 is 0 Å². The molecule has 1 saturated carbocycles. The standard InChI is InChI=1S/C16H25NO2S/c1-11-7-5-6-8-15(11)17-20(18,19)16-10-13(3)12(2)9-14(16)4/h9-11,15,17H,5-8H2,1-4H3/t11-,15-/m1/s1. The highest BCUT2D eigenvalue weighted by Crippen LogP contribution is 2.26. The van der Waals surface area contributed by atoms with Gasteiger partial charge in [-0.2, -0.15) is 0 Å². The fraction of sp³-hybridized carbons (Fsp3) is 0.625. The van der Waals surface area contributed by atoms with Gasteiger partial charge in [-0.1, -0.05) is 25.8 Å². The second kappa shape index (κ2) is 5.86. The maximum Gasteiger partial charge on any atom is 0.241 e. The lowest BCUT2D eigenvalue weighted by atomic mass is 9.87. The van der Waals surface area contributed by atoms with E-state index >= 15 is 0 Å². The topological polar surface area (TPSA) is 46.2 Å². The van der Waals surface area contributed by atoms with Crippen LogP contribution in [0.25, 0.3) is 0 Å². The van der Waals surface area contributed by atoms with Crippen molar-refractivity contribution in [2.24, 2.45) is 5.92 Å². The lowest BCUT2D eigenvalue weighted by Crippen LogP contribution is -2.41. The van der Waals surface area contributed by atoms with Crippen LogP contribution < -0.4 is 4.72 Å². The number of hydrogen-bond donors (Lipinski definition) is 1. The van der Waals surface area contributed by atoms with Crippen LogP contribution >= 0.6 is 0 Å². The average Bonchev–Trinajstić information content (AvgIpc) is 2.36. The van der Waals surface area contributed by atoms with Gasteiger partial charge < -0.3 is 0 Å². The molecule has 1 aromatic rings. The largest absolute Gasteiger partial charge is 0.241 e. The maximum atomic E-state index is 12.6. The molecule has 0 unspecified atom stereocenters. The van der Waals surface area contributed by atoms with Gasteiger partial charge in [-0.3, -0.25) is 0 Å². The fourth-order valence-electron chi connectivity index (χ4n) is 2.98. The van der Waals surface area contributed by atoms with Gasteiger partial charge in [0.2, 0.25) is 10.0 Å². The summed E-state index contributed by atoms with van der Waals surface area (Å²) in [5, 5.41) is 0. The van der Waals surface area contributed by atoms with Crippen LogP contribution in [0.1, 0.15) is 49.3 Å². The highest BCUT2D eigenvalue weighted by molar-refractivity contribution is 7.89. The van der Waals surface area contributed by atoms with Crippen LogP contribution in [0.3, 0.4) is 0 Å². The third kappa shape index (κ3) is 3.23. The molecule has 0 heterocycles. The molecular weight excluding hydrogens is 270 g/mol. The van der Waals surface area contributed by atoms with Crippen LogP contribution in [-0.4, -0.2) is 14.5 Å². The van der Waals surface area contributed by atoms with E-state index in [4.69, 9.17) is 0 Å². The highest BCUT2D eigenvalue weighted by atomic mass is 32.2. The molecule has 0 spiro atoms. The van der Waals surface area contributed by atoms with Crippen LogP contribution in [0.15, 0.2) is 17.0 Å². The first-order valence-corrected chi connectivity index (χ1v) is 8.90. The summed E-state index contributed by atoms with van der Waals surface area (Å²) >= 11 is 0. The number of nitrogens with one attached hydrogen (secondary N) is 1. The second-order valence-electron chi connectivity index (χ2n) is 6.19. The lowest BCUT2D eigenvalue weighted by molar-refractivity contribution is 0.310. The Morgan fingerprint density at radius 3 is 2.25 bits per heavy atom. The minimum absolute atomic E-state index is 0.0785. The molecule has 0 aliphatic heterocycles. The maximum absolute atomic E-state index is 12.6. The first-order chi connectivity index (χ1) is 9.31. The molecule has 20 heavy (non-hydrogen) atoms. The van der Waals surface area contributed by atoms with Crippen molar-refractivity contribution in [3.8, 4) is 0 Å². The molecule has 0 amide bonds. The summed E-state index contributed by atoms with van der Waals surface area (Å²) in [6, 6.07) is 3.82. The third-order valence-electron chi connectivity index (χ3n) is 4.50. The zero-order valence-corrected chi connectivity index (χ0v) is 13.7. The molecule has 0 aromatic heterocycles. The summed E-state index contributed by atoms with van der Waals surface area (Å²) in [6.07, 6.45) is 4.38. The van der Waals surface area contributed by atoms with Crippen molar-refractivity contribution < 1.29 is 8.42 Å². The Kier molecular flexibility index (Phi) is 4.55. The smallest absolute Gasteiger partial charge is 0.208 e. The third-order valence-corrected chi connectivity index (χ3v) is 6.13. The SMILES string of the molecule is Cc1cc(C)c(S(=O)(=O)N[C@@H]2CCCC[C@H]2C)cc1C. The quantitative estimate of drug-likeness (QED) is 0.928. The first-order valence-electron chi connectivity index (χ1n) is 7.41. The highest BCUT2D eigenvalue weighted by Gasteiger charge is 2.27. The zero-order chi connectivity index (χ0) is 14.9. The van der Waals surface area contributed by atoms with Crippen molar-refractivity contribution in [1.82, 2.24) is 4.72 Å². The number of hydrogen-bond acceptors (Lipinski definition) is 2. The number of benzene rings is 1. The van der Waals surface area contributed by atoms with E-state index in [1.165, 1.54) is 6.42 Å². The summed E-state index contributed by atoms with van der Waals surface area (Å²) in [5.74, 6) is 0.422. The molecule has 3 nitrogen and oxygen atoms in total. The Labute approximate surface area is 122 Å². The molecule has 4 heteroatoms. The van der Waals surface area contributed by atoms with Crippen LogP contribution in [0.2, 0.25) is 0 Å². The summed E-state index contributed by atoms with van der Waals surface area (Å²) in [5.41, 5.74) is 2.98. The van der Waals surface area contributed by atoms with Crippen LogP contribution in [0, 0.1) is 26.7 Å².